The zero-order valence-electron chi connectivity index (χ0n) is 16.4. The van der Waals surface area contributed by atoms with Crippen LogP contribution in [0.25, 0.3) is 5.76 Å². The van der Waals surface area contributed by atoms with Gasteiger partial charge in [-0.3, -0.25) is 9.59 Å². The van der Waals surface area contributed by atoms with Crippen molar-refractivity contribution in [2.75, 3.05) is 27.4 Å². The van der Waals surface area contributed by atoms with E-state index in [1.165, 1.54) is 31.3 Å². The first-order valence-corrected chi connectivity index (χ1v) is 9.07. The number of methoxy groups -OCH3 is 2. The number of hydrogen-bond donors (Lipinski definition) is 1. The molecule has 1 heterocycles. The molecule has 1 atom stereocenters. The Bertz CT molecular complexity index is 985. The second-order valence-electron chi connectivity index (χ2n) is 6.69. The summed E-state index contributed by atoms with van der Waals surface area (Å²) in [7, 11) is 2.87. The predicted octanol–water partition coefficient (Wildman–Crippen LogP) is 3.21. The number of carbonyl (C=O) groups is 2. The number of likely N-dealkylation sites (tertiary alicyclic amines) is 1. The van der Waals surface area contributed by atoms with Crippen LogP contribution in [0.4, 0.5) is 4.39 Å². The van der Waals surface area contributed by atoms with Gasteiger partial charge in [-0.25, -0.2) is 4.39 Å². The third-order valence-electron chi connectivity index (χ3n) is 4.98. The minimum Gasteiger partial charge on any atom is -0.507 e. The number of amides is 1. The van der Waals surface area contributed by atoms with E-state index in [1.54, 1.807) is 12.1 Å². The Morgan fingerprint density at radius 3 is 2.55 bits per heavy atom. The number of ether oxygens (including phenoxy) is 2. The number of nitrogens with zero attached hydrogens (tertiary/aromatic N) is 1. The van der Waals surface area contributed by atoms with Gasteiger partial charge in [0, 0.05) is 13.7 Å². The fourth-order valence-electron chi connectivity index (χ4n) is 3.53. The van der Waals surface area contributed by atoms with Crippen LogP contribution >= 0.6 is 0 Å². The third-order valence-corrected chi connectivity index (χ3v) is 4.98. The molecule has 0 aliphatic carbocycles. The van der Waals surface area contributed by atoms with E-state index in [0.717, 1.165) is 11.6 Å². The molecule has 2 aromatic rings. The number of rotatable bonds is 6. The molecule has 0 saturated carbocycles. The summed E-state index contributed by atoms with van der Waals surface area (Å²) in [4.78, 5) is 27.0. The highest BCUT2D eigenvalue weighted by Crippen LogP contribution is 2.41. The van der Waals surface area contributed by atoms with Crippen LogP contribution in [0, 0.1) is 12.7 Å². The molecule has 29 heavy (non-hydrogen) atoms. The van der Waals surface area contributed by atoms with Gasteiger partial charge in [-0.05, 0) is 36.2 Å². The SMILES string of the molecule is COCCN1C(=O)C(=O)/C(=C(/O)c2cc(F)ccc2OC)C1c1ccccc1C. The molecule has 152 valence electrons. The first-order chi connectivity index (χ1) is 13.9. The average Bonchev–Trinajstić information content (AvgIpc) is 2.96. The van der Waals surface area contributed by atoms with Gasteiger partial charge in [-0.1, -0.05) is 24.3 Å². The van der Waals surface area contributed by atoms with Crippen molar-refractivity contribution in [3.05, 3.63) is 70.5 Å². The highest BCUT2D eigenvalue weighted by Gasteiger charge is 2.46. The summed E-state index contributed by atoms with van der Waals surface area (Å²) in [6, 6.07) is 10.1. The largest absolute Gasteiger partial charge is 0.507 e. The molecule has 0 spiro atoms. The summed E-state index contributed by atoms with van der Waals surface area (Å²) in [5.41, 5.74) is 1.44. The average molecular weight is 399 g/mol. The number of Topliss-reactive ketones (excluding diaryl/α,β-unsaturated/α-hetero) is 1. The Morgan fingerprint density at radius 2 is 1.90 bits per heavy atom. The third kappa shape index (κ3) is 3.73. The number of aliphatic hydroxyl groups is 1. The topological polar surface area (TPSA) is 76.1 Å². The fraction of sp³-hybridized carbons (Fsp3) is 0.273. The predicted molar refractivity (Wildman–Crippen MR) is 105 cm³/mol. The standard InChI is InChI=1S/C22H22FNO5/c1-13-6-4-5-7-15(13)19-18(21(26)22(27)24(19)10-11-28-2)20(25)16-12-14(23)8-9-17(16)29-3/h4-9,12,19,25H,10-11H2,1-3H3/b20-18+. The quantitative estimate of drug-likeness (QED) is 0.459. The molecule has 7 heteroatoms. The monoisotopic (exact) mass is 399 g/mol. The minimum absolute atomic E-state index is 0.0100. The van der Waals surface area contributed by atoms with E-state index in [1.807, 2.05) is 19.1 Å². The van der Waals surface area contributed by atoms with Crippen LogP contribution in [0.1, 0.15) is 22.7 Å². The van der Waals surface area contributed by atoms with Gasteiger partial charge in [0.1, 0.15) is 17.3 Å². The zero-order valence-corrected chi connectivity index (χ0v) is 16.4. The van der Waals surface area contributed by atoms with E-state index < -0.39 is 29.3 Å². The maximum atomic E-state index is 13.9. The van der Waals surface area contributed by atoms with E-state index >= 15 is 0 Å². The number of ketones is 1. The molecule has 1 aliphatic heterocycles. The summed E-state index contributed by atoms with van der Waals surface area (Å²) < 4.78 is 24.2. The lowest BCUT2D eigenvalue weighted by atomic mass is 9.92. The Labute approximate surface area is 168 Å². The Morgan fingerprint density at radius 1 is 1.17 bits per heavy atom. The second kappa shape index (κ2) is 8.45. The lowest BCUT2D eigenvalue weighted by molar-refractivity contribution is -0.140. The van der Waals surface area contributed by atoms with Crippen molar-refractivity contribution in [1.29, 1.82) is 0 Å². The van der Waals surface area contributed by atoms with Crippen LogP contribution in [0.2, 0.25) is 0 Å². The van der Waals surface area contributed by atoms with Crippen LogP contribution in [0.5, 0.6) is 5.75 Å². The van der Waals surface area contributed by atoms with Crippen molar-refractivity contribution in [3.8, 4) is 5.75 Å². The minimum atomic E-state index is -0.835. The molecule has 2 aromatic carbocycles. The lowest BCUT2D eigenvalue weighted by Crippen LogP contribution is -2.32. The molecule has 6 nitrogen and oxygen atoms in total. The first-order valence-electron chi connectivity index (χ1n) is 9.07. The number of halogens is 1. The van der Waals surface area contributed by atoms with E-state index in [9.17, 15) is 19.1 Å². The highest BCUT2D eigenvalue weighted by molar-refractivity contribution is 6.46. The van der Waals surface area contributed by atoms with E-state index in [2.05, 4.69) is 0 Å². The van der Waals surface area contributed by atoms with E-state index in [0.29, 0.717) is 5.56 Å². The summed E-state index contributed by atoms with van der Waals surface area (Å²) in [5, 5.41) is 11.0. The van der Waals surface area contributed by atoms with Gasteiger partial charge in [0.25, 0.3) is 11.7 Å². The van der Waals surface area contributed by atoms with Gasteiger partial charge >= 0.3 is 0 Å². The molecule has 1 amide bonds. The van der Waals surface area contributed by atoms with Gasteiger partial charge in [0.15, 0.2) is 0 Å². The van der Waals surface area contributed by atoms with Gasteiger partial charge in [-0.15, -0.1) is 0 Å². The maximum absolute atomic E-state index is 13.9. The number of carbonyl (C=O) groups excluding carboxylic acids is 2. The number of aryl methyl sites for hydroxylation is 1. The Balaban J connectivity index is 2.25. The maximum Gasteiger partial charge on any atom is 0.295 e. The van der Waals surface area contributed by atoms with Gasteiger partial charge < -0.3 is 19.5 Å². The first kappa shape index (κ1) is 20.5. The van der Waals surface area contributed by atoms with Crippen LogP contribution in [-0.2, 0) is 14.3 Å². The molecule has 1 saturated heterocycles. The molecular formula is C22H22FNO5. The van der Waals surface area contributed by atoms with Crippen molar-refractivity contribution < 1.29 is 28.6 Å². The van der Waals surface area contributed by atoms with Crippen molar-refractivity contribution in [2.45, 2.75) is 13.0 Å². The molecule has 1 aliphatic rings. The van der Waals surface area contributed by atoms with Gasteiger partial charge in [-0.2, -0.15) is 0 Å². The lowest BCUT2D eigenvalue weighted by Gasteiger charge is -2.26. The molecule has 1 fully saturated rings. The summed E-state index contributed by atoms with van der Waals surface area (Å²) in [6.07, 6.45) is 0. The van der Waals surface area contributed by atoms with Crippen LogP contribution < -0.4 is 4.74 Å². The van der Waals surface area contributed by atoms with Crippen molar-refractivity contribution >= 4 is 17.4 Å². The number of aliphatic hydroxyl groups excluding tert-OH is 1. The smallest absolute Gasteiger partial charge is 0.295 e. The van der Waals surface area contributed by atoms with Gasteiger partial charge in [0.2, 0.25) is 0 Å². The molecule has 1 unspecified atom stereocenters. The zero-order chi connectivity index (χ0) is 21.1. The second-order valence-corrected chi connectivity index (χ2v) is 6.69. The van der Waals surface area contributed by atoms with Crippen LogP contribution in [-0.4, -0.2) is 49.1 Å². The number of benzene rings is 2. The molecule has 1 N–H and O–H groups in total. The van der Waals surface area contributed by atoms with Crippen LogP contribution in [0.3, 0.4) is 0 Å². The molecular weight excluding hydrogens is 377 g/mol. The summed E-state index contributed by atoms with van der Waals surface area (Å²) >= 11 is 0. The molecule has 0 radical (unpaired) electrons. The van der Waals surface area contributed by atoms with E-state index in [-0.39, 0.29) is 30.0 Å². The number of hydrogen-bond acceptors (Lipinski definition) is 5. The van der Waals surface area contributed by atoms with Gasteiger partial charge in [0.05, 0.1) is 30.9 Å². The molecule has 0 aromatic heterocycles. The van der Waals surface area contributed by atoms with E-state index in [4.69, 9.17) is 9.47 Å². The highest BCUT2D eigenvalue weighted by atomic mass is 19.1. The summed E-state index contributed by atoms with van der Waals surface area (Å²) in [6.45, 7) is 2.24. The molecule has 3 rings (SSSR count). The normalized spacial score (nSPS) is 18.3. The van der Waals surface area contributed by atoms with Crippen molar-refractivity contribution in [1.82, 2.24) is 4.90 Å². The van der Waals surface area contributed by atoms with Crippen LogP contribution in [0.15, 0.2) is 48.0 Å². The fourth-order valence-corrected chi connectivity index (χ4v) is 3.53. The Kier molecular flexibility index (Phi) is 5.98. The van der Waals surface area contributed by atoms with Crippen molar-refractivity contribution in [2.24, 2.45) is 0 Å². The van der Waals surface area contributed by atoms with Crippen molar-refractivity contribution in [3.63, 3.8) is 0 Å². The molecule has 0 bridgehead atoms. The summed E-state index contributed by atoms with van der Waals surface area (Å²) in [5.74, 6) is -2.47. The Hall–Kier alpha value is -3.19.